The number of hydrogen-bond donors (Lipinski definition) is 0. The van der Waals surface area contributed by atoms with Crippen LogP contribution in [0.1, 0.15) is 21.1 Å². The molecule has 0 saturated heterocycles. The number of furan rings is 1. The Morgan fingerprint density at radius 3 is 2.74 bits per heavy atom. The van der Waals surface area contributed by atoms with Gasteiger partial charge in [0, 0.05) is 23.8 Å². The highest BCUT2D eigenvalue weighted by Crippen LogP contribution is 2.33. The third-order valence-corrected chi connectivity index (χ3v) is 6.61. The Morgan fingerprint density at radius 2 is 1.97 bits per heavy atom. The molecule has 6 nitrogen and oxygen atoms in total. The Kier molecular flexibility index (Phi) is 6.53. The average molecular weight is 458 g/mol. The van der Waals surface area contributed by atoms with Gasteiger partial charge in [0.15, 0.2) is 21.7 Å². The number of amides is 1. The number of aryl methyl sites for hydroxylation is 1. The van der Waals surface area contributed by atoms with Crippen molar-refractivity contribution < 1.29 is 18.3 Å². The lowest BCUT2D eigenvalue weighted by Crippen LogP contribution is -2.31. The molecule has 0 N–H and O–H groups in total. The summed E-state index contributed by atoms with van der Waals surface area (Å²) in [5.41, 5.74) is 1.48. The second-order valence-electron chi connectivity index (χ2n) is 6.79. The lowest BCUT2D eigenvalue weighted by molar-refractivity contribution is 0.0743. The fraction of sp³-hybridized carbons (Fsp3) is 0.227. The molecule has 160 valence electrons. The molecule has 0 aliphatic carbocycles. The van der Waals surface area contributed by atoms with E-state index in [-0.39, 0.29) is 24.8 Å². The molecule has 31 heavy (non-hydrogen) atoms. The molecule has 0 radical (unpaired) electrons. The number of benzene rings is 2. The molecule has 0 unspecified atom stereocenters. The van der Waals surface area contributed by atoms with Crippen LogP contribution in [0.3, 0.4) is 0 Å². The average Bonchev–Trinajstić information content (AvgIpc) is 3.36. The Hall–Kier alpha value is -2.91. The van der Waals surface area contributed by atoms with Gasteiger partial charge in [0.2, 0.25) is 0 Å². The van der Waals surface area contributed by atoms with Crippen LogP contribution >= 0.6 is 23.1 Å². The number of likely N-dealkylation sites (N-methyl/N-ethyl adjacent to an activating group) is 1. The molecule has 0 bridgehead atoms. The zero-order chi connectivity index (χ0) is 21.8. The first-order valence-corrected chi connectivity index (χ1v) is 11.4. The number of nitrogens with zero attached hydrogens (tertiary/aromatic N) is 3. The fourth-order valence-electron chi connectivity index (χ4n) is 3.01. The number of rotatable bonds is 8. The normalized spacial score (nSPS) is 11.1. The van der Waals surface area contributed by atoms with Gasteiger partial charge < -0.3 is 14.1 Å². The van der Waals surface area contributed by atoms with Crippen molar-refractivity contribution >= 4 is 40.0 Å². The number of halogens is 1. The van der Waals surface area contributed by atoms with E-state index in [9.17, 15) is 9.18 Å². The number of carbonyl (C=O) groups is 1. The first kappa shape index (κ1) is 21.3. The van der Waals surface area contributed by atoms with Gasteiger partial charge in [0.05, 0.1) is 6.54 Å². The summed E-state index contributed by atoms with van der Waals surface area (Å²) in [6.45, 7) is 2.35. The van der Waals surface area contributed by atoms with Gasteiger partial charge in [-0.3, -0.25) is 4.79 Å². The molecule has 0 atom stereocenters. The predicted molar refractivity (Wildman–Crippen MR) is 119 cm³/mol. The summed E-state index contributed by atoms with van der Waals surface area (Å²) < 4.78 is 25.9. The smallest absolute Gasteiger partial charge is 0.289 e. The van der Waals surface area contributed by atoms with Crippen LogP contribution < -0.4 is 4.74 Å². The summed E-state index contributed by atoms with van der Waals surface area (Å²) in [4.78, 5) is 14.6. The maximum atomic E-state index is 13.7. The predicted octanol–water partition coefficient (Wildman–Crippen LogP) is 5.18. The van der Waals surface area contributed by atoms with Crippen LogP contribution in [0, 0.1) is 12.7 Å². The minimum absolute atomic E-state index is 0.163. The maximum absolute atomic E-state index is 13.7. The summed E-state index contributed by atoms with van der Waals surface area (Å²) in [5.74, 6) is 0.309. The van der Waals surface area contributed by atoms with Crippen LogP contribution in [-0.2, 0) is 5.75 Å². The summed E-state index contributed by atoms with van der Waals surface area (Å²) >= 11 is 3.03. The first-order chi connectivity index (χ1) is 15.0. The molecule has 4 aromatic rings. The van der Waals surface area contributed by atoms with Crippen LogP contribution in [0.4, 0.5) is 4.39 Å². The van der Waals surface area contributed by atoms with Crippen LogP contribution in [0.15, 0.2) is 57.3 Å². The Morgan fingerprint density at radius 1 is 1.19 bits per heavy atom. The minimum Gasteiger partial charge on any atom is -0.489 e. The summed E-state index contributed by atoms with van der Waals surface area (Å²) in [6, 6.07) is 13.8. The van der Waals surface area contributed by atoms with Gasteiger partial charge in [-0.25, -0.2) is 4.39 Å². The molecule has 0 aliphatic rings. The van der Waals surface area contributed by atoms with E-state index in [1.165, 1.54) is 34.1 Å². The number of ether oxygens (including phenoxy) is 1. The topological polar surface area (TPSA) is 68.5 Å². The van der Waals surface area contributed by atoms with Crippen molar-refractivity contribution in [1.82, 2.24) is 15.1 Å². The SMILES string of the molecule is Cc1nnc(SCc2c(C(=O)N(C)CCOc3ccccc3F)oc3ccccc23)s1. The minimum atomic E-state index is -0.431. The fourth-order valence-corrected chi connectivity index (χ4v) is 4.86. The van der Waals surface area contributed by atoms with Crippen molar-refractivity contribution in [2.45, 2.75) is 17.0 Å². The number of aromatic nitrogens is 2. The van der Waals surface area contributed by atoms with E-state index in [2.05, 4.69) is 10.2 Å². The van der Waals surface area contributed by atoms with E-state index in [0.717, 1.165) is 20.3 Å². The monoisotopic (exact) mass is 457 g/mol. The second-order valence-corrected chi connectivity index (χ2v) is 9.19. The van der Waals surface area contributed by atoms with Crippen molar-refractivity contribution in [2.75, 3.05) is 20.2 Å². The van der Waals surface area contributed by atoms with Crippen LogP contribution in [0.5, 0.6) is 5.75 Å². The molecule has 0 spiro atoms. The number of thioether (sulfide) groups is 1. The lowest BCUT2D eigenvalue weighted by Gasteiger charge is -2.17. The van der Waals surface area contributed by atoms with Crippen molar-refractivity contribution in [3.8, 4) is 5.75 Å². The quantitative estimate of drug-likeness (QED) is 0.340. The third kappa shape index (κ3) is 4.88. The molecule has 9 heteroatoms. The summed E-state index contributed by atoms with van der Waals surface area (Å²) in [6.07, 6.45) is 0. The van der Waals surface area contributed by atoms with Gasteiger partial charge in [0.1, 0.15) is 17.2 Å². The molecule has 0 aliphatic heterocycles. The standard InChI is InChI=1S/C22H20FN3O3S2/c1-14-24-25-22(31-14)30-13-16-15-7-3-5-9-18(15)29-20(16)21(27)26(2)11-12-28-19-10-6-4-8-17(19)23/h3-10H,11-13H2,1-2H3. The van der Waals surface area contributed by atoms with Crippen LogP contribution in [0.2, 0.25) is 0 Å². The second kappa shape index (κ2) is 9.49. The van der Waals surface area contributed by atoms with Gasteiger partial charge >= 0.3 is 0 Å². The molecule has 1 amide bonds. The Bertz CT molecular complexity index is 1210. The zero-order valence-corrected chi connectivity index (χ0v) is 18.6. The zero-order valence-electron chi connectivity index (χ0n) is 17.0. The van der Waals surface area contributed by atoms with Crippen molar-refractivity contribution in [3.63, 3.8) is 0 Å². The number of para-hydroxylation sites is 2. The van der Waals surface area contributed by atoms with Gasteiger partial charge in [-0.15, -0.1) is 10.2 Å². The van der Waals surface area contributed by atoms with E-state index in [1.807, 2.05) is 31.2 Å². The summed E-state index contributed by atoms with van der Waals surface area (Å²) in [7, 11) is 1.67. The molecule has 2 aromatic heterocycles. The van der Waals surface area contributed by atoms with E-state index < -0.39 is 5.82 Å². The van der Waals surface area contributed by atoms with Gasteiger partial charge in [-0.2, -0.15) is 0 Å². The Labute approximate surface area is 187 Å². The van der Waals surface area contributed by atoms with E-state index in [0.29, 0.717) is 17.1 Å². The highest BCUT2D eigenvalue weighted by atomic mass is 32.2. The van der Waals surface area contributed by atoms with Crippen LogP contribution in [0.25, 0.3) is 11.0 Å². The largest absolute Gasteiger partial charge is 0.489 e. The molecule has 4 rings (SSSR count). The molecule has 2 heterocycles. The Balaban J connectivity index is 1.49. The molecular weight excluding hydrogens is 437 g/mol. The van der Waals surface area contributed by atoms with E-state index >= 15 is 0 Å². The van der Waals surface area contributed by atoms with Gasteiger partial charge in [0.25, 0.3) is 5.91 Å². The van der Waals surface area contributed by atoms with Crippen molar-refractivity contribution in [2.24, 2.45) is 0 Å². The molecular formula is C22H20FN3O3S2. The van der Waals surface area contributed by atoms with Crippen LogP contribution in [-0.4, -0.2) is 41.2 Å². The molecule has 2 aromatic carbocycles. The number of fused-ring (bicyclic) bond motifs is 1. The lowest BCUT2D eigenvalue weighted by atomic mass is 10.1. The maximum Gasteiger partial charge on any atom is 0.289 e. The highest BCUT2D eigenvalue weighted by molar-refractivity contribution is 8.00. The van der Waals surface area contributed by atoms with Gasteiger partial charge in [-0.1, -0.05) is 53.4 Å². The van der Waals surface area contributed by atoms with Crippen molar-refractivity contribution in [1.29, 1.82) is 0 Å². The highest BCUT2D eigenvalue weighted by Gasteiger charge is 2.24. The van der Waals surface area contributed by atoms with E-state index in [1.54, 1.807) is 25.2 Å². The molecule has 0 fully saturated rings. The molecule has 0 saturated carbocycles. The van der Waals surface area contributed by atoms with Crippen molar-refractivity contribution in [3.05, 3.63) is 70.7 Å². The van der Waals surface area contributed by atoms with E-state index in [4.69, 9.17) is 9.15 Å². The number of hydrogen-bond acceptors (Lipinski definition) is 7. The third-order valence-electron chi connectivity index (χ3n) is 4.61. The van der Waals surface area contributed by atoms with Gasteiger partial charge in [-0.05, 0) is 25.1 Å². The first-order valence-electron chi connectivity index (χ1n) is 9.59. The summed E-state index contributed by atoms with van der Waals surface area (Å²) in [5, 5.41) is 9.97. The number of carbonyl (C=O) groups excluding carboxylic acids is 1.